The van der Waals surface area contributed by atoms with Gasteiger partial charge in [-0.2, -0.15) is 26.3 Å². The maximum Gasteiger partial charge on any atom is 0.498 e. The van der Waals surface area contributed by atoms with Crippen LogP contribution in [0.4, 0.5) is 26.3 Å². The Bertz CT molecular complexity index is 905. The molecule has 0 aliphatic carbocycles. The highest BCUT2D eigenvalue weighted by molar-refractivity contribution is 8.37. The Balaban J connectivity index is 3.47. The van der Waals surface area contributed by atoms with Crippen LogP contribution in [0.3, 0.4) is 0 Å². The van der Waals surface area contributed by atoms with Crippen LogP contribution < -0.4 is 5.19 Å². The number of halogens is 6. The summed E-state index contributed by atoms with van der Waals surface area (Å²) in [4.78, 5) is 0. The van der Waals surface area contributed by atoms with E-state index in [1.165, 1.54) is 6.92 Å². The number of hydrogen-bond donors (Lipinski definition) is 0. The lowest BCUT2D eigenvalue weighted by Gasteiger charge is -2.33. The maximum absolute atomic E-state index is 13.1. The van der Waals surface area contributed by atoms with Crippen molar-refractivity contribution in [3.8, 4) is 0 Å². The van der Waals surface area contributed by atoms with Crippen LogP contribution in [0.5, 0.6) is 0 Å². The fourth-order valence-electron chi connectivity index (χ4n) is 2.63. The van der Waals surface area contributed by atoms with Gasteiger partial charge in [-0.1, -0.05) is 62.1 Å². The van der Waals surface area contributed by atoms with E-state index in [4.69, 9.17) is 0 Å². The third kappa shape index (κ3) is 5.23. The highest BCUT2D eigenvalue weighted by Gasteiger charge is 2.61. The molecule has 1 aromatic carbocycles. The third-order valence-electron chi connectivity index (χ3n) is 5.01. The van der Waals surface area contributed by atoms with Gasteiger partial charge in [0.1, 0.15) is 8.49 Å². The number of sulfone groups is 1. The molecule has 0 radical (unpaired) electrons. The van der Waals surface area contributed by atoms with Crippen LogP contribution in [-0.4, -0.2) is 36.3 Å². The normalized spacial score (nSPS) is 18.0. The molecule has 0 heterocycles. The van der Waals surface area contributed by atoms with Crippen molar-refractivity contribution < 1.29 is 39.0 Å². The summed E-state index contributed by atoms with van der Waals surface area (Å²) < 4.78 is 111. The van der Waals surface area contributed by atoms with Gasteiger partial charge < -0.3 is 0 Å². The number of benzene rings is 1. The van der Waals surface area contributed by atoms with Crippen molar-refractivity contribution >= 4 is 48.9 Å². The summed E-state index contributed by atoms with van der Waals surface area (Å²) in [5, 5.41) is 0.682. The summed E-state index contributed by atoms with van der Waals surface area (Å²) in [6, 6.07) is 6.70. The van der Waals surface area contributed by atoms with Crippen LogP contribution >= 0.6 is 0 Å². The third-order valence-corrected chi connectivity index (χ3v) is 15.8. The Morgan fingerprint density at radius 1 is 1.03 bits per heavy atom. The van der Waals surface area contributed by atoms with Gasteiger partial charge in [-0.15, -0.1) is 0 Å². The second-order valence-electron chi connectivity index (χ2n) is 7.10. The van der Waals surface area contributed by atoms with E-state index in [-0.39, 0.29) is 0 Å². The summed E-state index contributed by atoms with van der Waals surface area (Å²) in [5.41, 5.74) is -11.9. The van der Waals surface area contributed by atoms with Gasteiger partial charge in [0.2, 0.25) is 0 Å². The predicted octanol–water partition coefficient (Wildman–Crippen LogP) is 4.55. The van der Waals surface area contributed by atoms with Crippen molar-refractivity contribution in [2.45, 2.75) is 47.6 Å². The molecule has 0 saturated carbocycles. The molecule has 0 bridgehead atoms. The zero-order chi connectivity index (χ0) is 23.1. The first kappa shape index (κ1) is 26.1. The Kier molecular flexibility index (Phi) is 7.48. The second-order valence-corrected chi connectivity index (χ2v) is 18.1. The molecule has 13 heteroatoms. The molecule has 3 atom stereocenters. The summed E-state index contributed by atoms with van der Waals surface area (Å²) in [7, 11) is -15.0. The Labute approximate surface area is 171 Å². The van der Waals surface area contributed by atoms with Gasteiger partial charge in [-0.05, 0) is 28.7 Å². The van der Waals surface area contributed by atoms with Crippen LogP contribution in [-0.2, 0) is 29.5 Å². The van der Waals surface area contributed by atoms with Crippen LogP contribution in [0, 0.1) is 0 Å². The van der Waals surface area contributed by atoms with E-state index < -0.39 is 54.0 Å². The number of hydrogen-bond acceptors (Lipinski definition) is 4. The zero-order valence-electron chi connectivity index (χ0n) is 15.7. The van der Waals surface area contributed by atoms with Gasteiger partial charge in [-0.3, -0.25) is 0 Å². The van der Waals surface area contributed by atoms with E-state index in [9.17, 15) is 39.0 Å². The molecular formula is C16H20F6O3S3Si. The molecule has 3 nitrogen and oxygen atoms in total. The van der Waals surface area contributed by atoms with E-state index >= 15 is 0 Å². The lowest BCUT2D eigenvalue weighted by Crippen LogP contribution is -2.50. The van der Waals surface area contributed by atoms with Crippen LogP contribution in [0.2, 0.25) is 18.6 Å². The fraction of sp³-hybridized carbons (Fsp3) is 0.500. The summed E-state index contributed by atoms with van der Waals surface area (Å²) in [6.07, 6.45) is 0.440. The SMILES string of the molecule is C=Cc1ccc([Si](C)(C)C(C)CC(S(=O)(=O)C(F)(F)F)S(=O)(=S)C(F)(F)F)cc1. The van der Waals surface area contributed by atoms with Crippen molar-refractivity contribution in [2.75, 3.05) is 0 Å². The van der Waals surface area contributed by atoms with Crippen LogP contribution in [0.25, 0.3) is 6.08 Å². The highest BCUT2D eigenvalue weighted by atomic mass is 32.8. The topological polar surface area (TPSA) is 51.2 Å². The van der Waals surface area contributed by atoms with Gasteiger partial charge in [0.05, 0.1) is 8.07 Å². The molecular weight excluding hydrogens is 478 g/mol. The van der Waals surface area contributed by atoms with Gasteiger partial charge in [0.15, 0.2) is 4.58 Å². The predicted molar refractivity (Wildman–Crippen MR) is 108 cm³/mol. The van der Waals surface area contributed by atoms with E-state index in [2.05, 4.69) is 17.8 Å². The van der Waals surface area contributed by atoms with Gasteiger partial charge in [0.25, 0.3) is 9.84 Å². The smallest absolute Gasteiger partial charge is 0.247 e. The zero-order valence-corrected chi connectivity index (χ0v) is 19.1. The highest BCUT2D eigenvalue weighted by Crippen LogP contribution is 2.41. The maximum atomic E-state index is 13.1. The Morgan fingerprint density at radius 2 is 1.48 bits per heavy atom. The van der Waals surface area contributed by atoms with Crippen molar-refractivity contribution in [2.24, 2.45) is 0 Å². The summed E-state index contributed by atoms with van der Waals surface area (Å²) >= 11 is 3.94. The van der Waals surface area contributed by atoms with Gasteiger partial charge in [-0.25, -0.2) is 12.6 Å². The average molecular weight is 499 g/mol. The molecule has 0 aliphatic heterocycles. The molecule has 0 spiro atoms. The Morgan fingerprint density at radius 3 is 1.83 bits per heavy atom. The van der Waals surface area contributed by atoms with Crippen molar-refractivity contribution in [1.29, 1.82) is 0 Å². The van der Waals surface area contributed by atoms with E-state index in [1.54, 1.807) is 43.4 Å². The largest absolute Gasteiger partial charge is 0.498 e. The molecule has 1 aromatic rings. The first-order chi connectivity index (χ1) is 12.8. The molecule has 0 saturated heterocycles. The molecule has 0 amide bonds. The first-order valence-corrected chi connectivity index (χ1v) is 15.3. The number of alkyl halides is 6. The molecule has 0 aromatic heterocycles. The molecule has 0 aliphatic rings. The quantitative estimate of drug-likeness (QED) is 0.409. The minimum Gasteiger partial charge on any atom is -0.247 e. The molecule has 3 unspecified atom stereocenters. The minimum absolute atomic E-state index is 0.682. The van der Waals surface area contributed by atoms with Crippen LogP contribution in [0.1, 0.15) is 18.9 Å². The molecule has 29 heavy (non-hydrogen) atoms. The van der Waals surface area contributed by atoms with E-state index in [1.807, 2.05) is 0 Å². The van der Waals surface area contributed by atoms with Crippen molar-refractivity contribution in [3.63, 3.8) is 0 Å². The van der Waals surface area contributed by atoms with Gasteiger partial charge in [0, 0.05) is 0 Å². The van der Waals surface area contributed by atoms with Gasteiger partial charge >= 0.3 is 11.0 Å². The molecule has 0 N–H and O–H groups in total. The van der Waals surface area contributed by atoms with Crippen LogP contribution in [0.15, 0.2) is 30.8 Å². The van der Waals surface area contributed by atoms with E-state index in [0.29, 0.717) is 5.19 Å². The first-order valence-electron chi connectivity index (χ1n) is 8.13. The lowest BCUT2D eigenvalue weighted by molar-refractivity contribution is -0.0453. The minimum atomic E-state index is -6.42. The van der Waals surface area contributed by atoms with Crippen molar-refractivity contribution in [3.05, 3.63) is 36.4 Å². The van der Waals surface area contributed by atoms with Crippen molar-refractivity contribution in [1.82, 2.24) is 0 Å². The standard InChI is InChI=1S/C16H20F6O3S3Si/c1-5-12-6-8-13(9-7-12)29(3,4)11(2)10-14(27(23,24)15(17,18)19)28(25,26)16(20,21)22/h5-9,11,14H,1,10H2,2-4H3. The van der Waals surface area contributed by atoms with E-state index in [0.717, 1.165) is 5.56 Å². The second kappa shape index (κ2) is 8.31. The molecule has 0 fully saturated rings. The Hall–Kier alpha value is -0.923. The lowest BCUT2D eigenvalue weighted by atomic mass is 10.2. The monoisotopic (exact) mass is 498 g/mol. The average Bonchev–Trinajstić information content (AvgIpc) is 2.56. The summed E-state index contributed by atoms with van der Waals surface area (Å²) in [6.45, 7) is 8.29. The molecule has 1 rings (SSSR count). The molecule has 166 valence electrons. The number of rotatable bonds is 7. The fourth-order valence-corrected chi connectivity index (χ4v) is 10.2. The summed E-state index contributed by atoms with van der Waals surface area (Å²) in [5.74, 6) is 0.